The van der Waals surface area contributed by atoms with Gasteiger partial charge in [0.15, 0.2) is 5.82 Å². The molecule has 0 aliphatic heterocycles. The summed E-state index contributed by atoms with van der Waals surface area (Å²) in [5, 5.41) is 0. The normalized spacial score (nSPS) is 10.8. The summed E-state index contributed by atoms with van der Waals surface area (Å²) in [5.74, 6) is 1.85. The molecule has 2 N–H and O–H groups in total. The molecule has 6 nitrogen and oxygen atoms in total. The molecule has 0 aromatic carbocycles. The number of nitrogens with zero attached hydrogens (tertiary/aromatic N) is 4. The summed E-state index contributed by atoms with van der Waals surface area (Å²) in [7, 11) is 1.98. The molecule has 2 aromatic rings. The first-order chi connectivity index (χ1) is 9.60. The monoisotopic (exact) mass is 293 g/mol. The van der Waals surface area contributed by atoms with E-state index in [4.69, 9.17) is 10.5 Å². The van der Waals surface area contributed by atoms with E-state index >= 15 is 0 Å². The molecule has 2 aromatic heterocycles. The Bertz CT molecular complexity index is 572. The van der Waals surface area contributed by atoms with Crippen LogP contribution in [0.4, 0.5) is 11.6 Å². The maximum absolute atomic E-state index is 5.83. The number of hydrogen-bond donors (Lipinski definition) is 1. The third-order valence-electron chi connectivity index (χ3n) is 2.83. The molecular formula is C13H19N5OS. The third kappa shape index (κ3) is 3.64. The number of hydrogen-bond acceptors (Lipinski definition) is 7. The SMILES string of the molecule is CCOCc1nc(N)cc(N(C)Cc2scnc2C)n1. The van der Waals surface area contributed by atoms with Gasteiger partial charge in [-0.15, -0.1) is 11.3 Å². The molecule has 0 spiro atoms. The van der Waals surface area contributed by atoms with E-state index in [2.05, 4.69) is 15.0 Å². The van der Waals surface area contributed by atoms with Gasteiger partial charge in [-0.25, -0.2) is 15.0 Å². The van der Waals surface area contributed by atoms with Crippen molar-refractivity contribution < 1.29 is 4.74 Å². The van der Waals surface area contributed by atoms with E-state index in [1.807, 2.05) is 31.3 Å². The molecule has 0 aliphatic rings. The van der Waals surface area contributed by atoms with Crippen LogP contribution in [-0.2, 0) is 17.9 Å². The van der Waals surface area contributed by atoms with E-state index in [1.165, 1.54) is 4.88 Å². The van der Waals surface area contributed by atoms with E-state index in [9.17, 15) is 0 Å². The topological polar surface area (TPSA) is 77.2 Å². The van der Waals surface area contributed by atoms with E-state index in [1.54, 1.807) is 17.4 Å². The fourth-order valence-corrected chi connectivity index (χ4v) is 2.56. The Hall–Kier alpha value is -1.73. The first-order valence-corrected chi connectivity index (χ1v) is 7.29. The number of anilines is 2. The Morgan fingerprint density at radius 1 is 1.40 bits per heavy atom. The molecule has 0 saturated carbocycles. The van der Waals surface area contributed by atoms with Gasteiger partial charge in [-0.1, -0.05) is 0 Å². The molecule has 2 rings (SSSR count). The second kappa shape index (κ2) is 6.62. The van der Waals surface area contributed by atoms with Crippen LogP contribution in [0.1, 0.15) is 23.3 Å². The summed E-state index contributed by atoms with van der Waals surface area (Å²) in [4.78, 5) is 16.2. The van der Waals surface area contributed by atoms with Gasteiger partial charge < -0.3 is 15.4 Å². The van der Waals surface area contributed by atoms with Gasteiger partial charge >= 0.3 is 0 Å². The van der Waals surface area contributed by atoms with Crippen molar-refractivity contribution in [3.63, 3.8) is 0 Å². The van der Waals surface area contributed by atoms with Gasteiger partial charge in [-0.2, -0.15) is 0 Å². The second-order valence-electron chi connectivity index (χ2n) is 4.42. The number of rotatable bonds is 6. The second-order valence-corrected chi connectivity index (χ2v) is 5.36. The predicted molar refractivity (Wildman–Crippen MR) is 80.7 cm³/mol. The first kappa shape index (κ1) is 14.7. The van der Waals surface area contributed by atoms with Crippen molar-refractivity contribution in [2.45, 2.75) is 27.0 Å². The summed E-state index contributed by atoms with van der Waals surface area (Å²) in [6.45, 7) is 5.70. The molecule has 20 heavy (non-hydrogen) atoms. The molecule has 2 heterocycles. The number of thiazole rings is 1. The molecular weight excluding hydrogens is 274 g/mol. The lowest BCUT2D eigenvalue weighted by atomic mass is 10.3. The Morgan fingerprint density at radius 2 is 2.20 bits per heavy atom. The standard InChI is InChI=1S/C13H19N5OS/c1-4-19-7-12-16-11(14)5-13(17-12)18(3)6-10-9(2)15-8-20-10/h5,8H,4,6-7H2,1-3H3,(H2,14,16,17). The molecule has 0 fully saturated rings. The highest BCUT2D eigenvalue weighted by Crippen LogP contribution is 2.19. The van der Waals surface area contributed by atoms with Crippen molar-refractivity contribution in [1.29, 1.82) is 0 Å². The highest BCUT2D eigenvalue weighted by Gasteiger charge is 2.10. The van der Waals surface area contributed by atoms with Crippen molar-refractivity contribution in [2.75, 3.05) is 24.3 Å². The molecule has 0 unspecified atom stereocenters. The van der Waals surface area contributed by atoms with Crippen LogP contribution in [0, 0.1) is 6.92 Å². The van der Waals surface area contributed by atoms with E-state index in [0.717, 1.165) is 18.1 Å². The molecule has 0 amide bonds. The van der Waals surface area contributed by atoms with Crippen molar-refractivity contribution >= 4 is 23.0 Å². The number of ether oxygens (including phenoxy) is 1. The van der Waals surface area contributed by atoms with Gasteiger partial charge in [0.2, 0.25) is 0 Å². The maximum atomic E-state index is 5.83. The lowest BCUT2D eigenvalue weighted by molar-refractivity contribution is 0.128. The summed E-state index contributed by atoms with van der Waals surface area (Å²) >= 11 is 1.64. The molecule has 0 bridgehead atoms. The lowest BCUT2D eigenvalue weighted by Crippen LogP contribution is -2.19. The van der Waals surface area contributed by atoms with Gasteiger partial charge in [-0.05, 0) is 13.8 Å². The van der Waals surface area contributed by atoms with Crippen LogP contribution in [0.15, 0.2) is 11.6 Å². The summed E-state index contributed by atoms with van der Waals surface area (Å²) < 4.78 is 5.33. The fourth-order valence-electron chi connectivity index (χ4n) is 1.73. The average molecular weight is 293 g/mol. The van der Waals surface area contributed by atoms with Gasteiger partial charge in [0, 0.05) is 24.6 Å². The Labute approximate surface area is 122 Å². The average Bonchev–Trinajstić information content (AvgIpc) is 2.81. The van der Waals surface area contributed by atoms with Crippen LogP contribution in [0.25, 0.3) is 0 Å². The van der Waals surface area contributed by atoms with Crippen LogP contribution in [0.5, 0.6) is 0 Å². The van der Waals surface area contributed by atoms with Crippen molar-refractivity contribution in [1.82, 2.24) is 15.0 Å². The lowest BCUT2D eigenvalue weighted by Gasteiger charge is -2.18. The summed E-state index contributed by atoms with van der Waals surface area (Å²) in [6, 6.07) is 1.77. The minimum atomic E-state index is 0.377. The van der Waals surface area contributed by atoms with Gasteiger partial charge in [-0.3, -0.25) is 0 Å². The van der Waals surface area contributed by atoms with Gasteiger partial charge in [0.1, 0.15) is 18.2 Å². The smallest absolute Gasteiger partial charge is 0.158 e. The summed E-state index contributed by atoms with van der Waals surface area (Å²) in [5.41, 5.74) is 8.74. The number of nitrogen functional groups attached to an aromatic ring is 1. The van der Waals surface area contributed by atoms with Gasteiger partial charge in [0.05, 0.1) is 17.7 Å². The van der Waals surface area contributed by atoms with Crippen LogP contribution in [-0.4, -0.2) is 28.6 Å². The first-order valence-electron chi connectivity index (χ1n) is 6.41. The van der Waals surface area contributed by atoms with Crippen molar-refractivity contribution in [3.8, 4) is 0 Å². The minimum Gasteiger partial charge on any atom is -0.384 e. The third-order valence-corrected chi connectivity index (χ3v) is 3.75. The minimum absolute atomic E-state index is 0.377. The highest BCUT2D eigenvalue weighted by atomic mass is 32.1. The zero-order valence-corrected chi connectivity index (χ0v) is 12.8. The largest absolute Gasteiger partial charge is 0.384 e. The molecule has 0 radical (unpaired) electrons. The number of aryl methyl sites for hydroxylation is 1. The van der Waals surface area contributed by atoms with E-state index in [-0.39, 0.29) is 0 Å². The van der Waals surface area contributed by atoms with Crippen LogP contribution in [0.3, 0.4) is 0 Å². The maximum Gasteiger partial charge on any atom is 0.158 e. The molecule has 0 aliphatic carbocycles. The van der Waals surface area contributed by atoms with Crippen molar-refractivity contribution in [2.24, 2.45) is 0 Å². The fraction of sp³-hybridized carbons (Fsp3) is 0.462. The highest BCUT2D eigenvalue weighted by molar-refractivity contribution is 7.09. The van der Waals surface area contributed by atoms with E-state index < -0.39 is 0 Å². The molecule has 108 valence electrons. The van der Waals surface area contributed by atoms with Crippen molar-refractivity contribution in [3.05, 3.63) is 28.0 Å². The van der Waals surface area contributed by atoms with Crippen LogP contribution >= 0.6 is 11.3 Å². The molecule has 7 heteroatoms. The summed E-state index contributed by atoms with van der Waals surface area (Å²) in [6.07, 6.45) is 0. The van der Waals surface area contributed by atoms with E-state index in [0.29, 0.717) is 24.9 Å². The predicted octanol–water partition coefficient (Wildman–Crippen LogP) is 2.00. The molecule has 0 saturated heterocycles. The number of aromatic nitrogens is 3. The van der Waals surface area contributed by atoms with Crippen LogP contribution < -0.4 is 10.6 Å². The quantitative estimate of drug-likeness (QED) is 0.877. The zero-order valence-electron chi connectivity index (χ0n) is 12.0. The Kier molecular flexibility index (Phi) is 4.86. The van der Waals surface area contributed by atoms with Gasteiger partial charge in [0.25, 0.3) is 0 Å². The Morgan fingerprint density at radius 3 is 2.85 bits per heavy atom. The Balaban J connectivity index is 2.14. The van der Waals surface area contributed by atoms with Crippen LogP contribution in [0.2, 0.25) is 0 Å². The molecule has 0 atom stereocenters. The zero-order chi connectivity index (χ0) is 14.5. The number of nitrogens with two attached hydrogens (primary N) is 1.